The first-order valence-electron chi connectivity index (χ1n) is 3.33. The van der Waals surface area contributed by atoms with Crippen LogP contribution in [0.15, 0.2) is 18.5 Å². The average molecular weight is 280 g/mol. The van der Waals surface area contributed by atoms with Crippen LogP contribution in [0.4, 0.5) is 0 Å². The van der Waals surface area contributed by atoms with Gasteiger partial charge in [-0.2, -0.15) is 0 Å². The molecule has 60 valence electrons. The van der Waals surface area contributed by atoms with Gasteiger partial charge in [0.25, 0.3) is 0 Å². The Kier molecular flexibility index (Phi) is 4.01. The monoisotopic (exact) mass is 278 g/mol. The quantitative estimate of drug-likeness (QED) is 0.795. The van der Waals surface area contributed by atoms with Crippen molar-refractivity contribution < 1.29 is 0 Å². The summed E-state index contributed by atoms with van der Waals surface area (Å²) in [4.78, 5) is 8.20. The molecule has 0 radical (unpaired) electrons. The lowest BCUT2D eigenvalue weighted by atomic mass is 10.3. The highest BCUT2D eigenvalue weighted by atomic mass is 79.9. The second-order valence-corrected chi connectivity index (χ2v) is 5.53. The van der Waals surface area contributed by atoms with Gasteiger partial charge in [-0.15, -0.1) is 0 Å². The van der Waals surface area contributed by atoms with Crippen LogP contribution >= 0.6 is 31.9 Å². The Morgan fingerprint density at radius 1 is 1.27 bits per heavy atom. The summed E-state index contributed by atoms with van der Waals surface area (Å²) in [6.45, 7) is 0. The molecule has 0 aromatic carbocycles. The molecule has 0 saturated heterocycles. The molecule has 0 amide bonds. The van der Waals surface area contributed by atoms with Crippen LogP contribution in [0.25, 0.3) is 0 Å². The molecule has 2 nitrogen and oxygen atoms in total. The van der Waals surface area contributed by atoms with E-state index in [0.717, 1.165) is 18.7 Å². The zero-order valence-corrected chi connectivity index (χ0v) is 9.05. The smallest absolute Gasteiger partial charge is 0.128 e. The van der Waals surface area contributed by atoms with E-state index in [2.05, 4.69) is 41.8 Å². The molecule has 0 aliphatic rings. The lowest BCUT2D eigenvalue weighted by Gasteiger charge is -1.98. The predicted molar refractivity (Wildman–Crippen MR) is 52.0 cm³/mol. The molecule has 1 heterocycles. The molecule has 1 aromatic heterocycles. The molecule has 1 rings (SSSR count). The lowest BCUT2D eigenvalue weighted by Crippen LogP contribution is -1.96. The summed E-state index contributed by atoms with van der Waals surface area (Å²) < 4.78 is 0.360. The number of aromatic nitrogens is 2. The topological polar surface area (TPSA) is 25.8 Å². The number of hydrogen-bond donors (Lipinski definition) is 0. The summed E-state index contributed by atoms with van der Waals surface area (Å²) >= 11 is 6.79. The SMILES string of the molecule is BrC(Br)CCc1ncccn1. The number of hydrogen-bond acceptors (Lipinski definition) is 2. The summed E-state index contributed by atoms with van der Waals surface area (Å²) in [5.41, 5.74) is 0. The minimum Gasteiger partial charge on any atom is -0.241 e. The van der Waals surface area contributed by atoms with E-state index >= 15 is 0 Å². The largest absolute Gasteiger partial charge is 0.241 e. The van der Waals surface area contributed by atoms with E-state index in [9.17, 15) is 0 Å². The molecule has 0 atom stereocenters. The van der Waals surface area contributed by atoms with Gasteiger partial charge in [0, 0.05) is 18.8 Å². The molecule has 0 saturated carbocycles. The Labute approximate surface area is 82.7 Å². The predicted octanol–water partition coefficient (Wildman–Crippen LogP) is 2.53. The molecule has 0 bridgehead atoms. The van der Waals surface area contributed by atoms with Crippen molar-refractivity contribution in [2.45, 2.75) is 16.6 Å². The van der Waals surface area contributed by atoms with Gasteiger partial charge in [0.05, 0.1) is 3.74 Å². The van der Waals surface area contributed by atoms with Crippen LogP contribution < -0.4 is 0 Å². The van der Waals surface area contributed by atoms with E-state index in [-0.39, 0.29) is 0 Å². The van der Waals surface area contributed by atoms with Crippen LogP contribution in [0, 0.1) is 0 Å². The standard InChI is InChI=1S/C7H8Br2N2/c8-6(9)2-3-7-10-4-1-5-11-7/h1,4-6H,2-3H2. The highest BCUT2D eigenvalue weighted by Gasteiger charge is 1.99. The number of halogens is 2. The summed E-state index contributed by atoms with van der Waals surface area (Å²) in [6, 6.07) is 1.82. The maximum absolute atomic E-state index is 4.10. The fourth-order valence-corrected chi connectivity index (χ4v) is 1.16. The third kappa shape index (κ3) is 3.82. The van der Waals surface area contributed by atoms with Crippen molar-refractivity contribution in [2.75, 3.05) is 0 Å². The van der Waals surface area contributed by atoms with Crippen LogP contribution in [0.1, 0.15) is 12.2 Å². The normalized spacial score (nSPS) is 10.5. The Bertz CT molecular complexity index is 201. The first kappa shape index (κ1) is 9.13. The van der Waals surface area contributed by atoms with E-state index in [4.69, 9.17) is 0 Å². The Hall–Kier alpha value is 0.0400. The summed E-state index contributed by atoms with van der Waals surface area (Å²) in [5.74, 6) is 0.899. The molecule has 0 N–H and O–H groups in total. The zero-order chi connectivity index (χ0) is 8.10. The number of alkyl halides is 2. The first-order valence-corrected chi connectivity index (χ1v) is 5.16. The van der Waals surface area contributed by atoms with Crippen LogP contribution in [0.5, 0.6) is 0 Å². The van der Waals surface area contributed by atoms with Gasteiger partial charge in [-0.1, -0.05) is 31.9 Å². The fourth-order valence-electron chi connectivity index (χ4n) is 0.697. The molecule has 0 unspecified atom stereocenters. The molecule has 0 spiro atoms. The molecular formula is C7H8Br2N2. The van der Waals surface area contributed by atoms with Gasteiger partial charge in [-0.3, -0.25) is 0 Å². The van der Waals surface area contributed by atoms with E-state index in [1.807, 2.05) is 6.07 Å². The molecule has 1 aromatic rings. The van der Waals surface area contributed by atoms with Crippen LogP contribution in [0.2, 0.25) is 0 Å². The van der Waals surface area contributed by atoms with Gasteiger partial charge in [-0.05, 0) is 12.5 Å². The van der Waals surface area contributed by atoms with E-state index in [0.29, 0.717) is 3.74 Å². The number of rotatable bonds is 3. The maximum Gasteiger partial charge on any atom is 0.128 e. The maximum atomic E-state index is 4.10. The van der Waals surface area contributed by atoms with Gasteiger partial charge in [0.1, 0.15) is 5.82 Å². The van der Waals surface area contributed by atoms with Crippen LogP contribution in [0.3, 0.4) is 0 Å². The van der Waals surface area contributed by atoms with Crippen molar-refractivity contribution in [3.05, 3.63) is 24.3 Å². The van der Waals surface area contributed by atoms with Gasteiger partial charge < -0.3 is 0 Å². The van der Waals surface area contributed by atoms with E-state index in [1.54, 1.807) is 12.4 Å². The van der Waals surface area contributed by atoms with Crippen molar-refractivity contribution in [1.82, 2.24) is 9.97 Å². The van der Waals surface area contributed by atoms with Gasteiger partial charge in [0.15, 0.2) is 0 Å². The molecule has 0 aliphatic heterocycles. The van der Waals surface area contributed by atoms with E-state index in [1.165, 1.54) is 0 Å². The fraction of sp³-hybridized carbons (Fsp3) is 0.429. The van der Waals surface area contributed by atoms with Crippen molar-refractivity contribution in [1.29, 1.82) is 0 Å². The highest BCUT2D eigenvalue weighted by molar-refractivity contribution is 9.24. The van der Waals surface area contributed by atoms with Gasteiger partial charge >= 0.3 is 0 Å². The highest BCUT2D eigenvalue weighted by Crippen LogP contribution is 2.14. The minimum atomic E-state index is 0.360. The van der Waals surface area contributed by atoms with Gasteiger partial charge in [0.2, 0.25) is 0 Å². The van der Waals surface area contributed by atoms with Crippen molar-refractivity contribution >= 4 is 31.9 Å². The Morgan fingerprint density at radius 3 is 2.45 bits per heavy atom. The minimum absolute atomic E-state index is 0.360. The lowest BCUT2D eigenvalue weighted by molar-refractivity contribution is 0.832. The molecular weight excluding hydrogens is 272 g/mol. The first-order chi connectivity index (χ1) is 5.29. The van der Waals surface area contributed by atoms with Crippen molar-refractivity contribution in [2.24, 2.45) is 0 Å². The van der Waals surface area contributed by atoms with Crippen LogP contribution in [-0.4, -0.2) is 13.7 Å². The van der Waals surface area contributed by atoms with Crippen LogP contribution in [-0.2, 0) is 6.42 Å². The third-order valence-electron chi connectivity index (χ3n) is 1.21. The molecule has 0 aliphatic carbocycles. The second kappa shape index (κ2) is 4.83. The molecule has 11 heavy (non-hydrogen) atoms. The summed E-state index contributed by atoms with van der Waals surface area (Å²) in [7, 11) is 0. The number of aryl methyl sites for hydroxylation is 1. The Morgan fingerprint density at radius 2 is 1.91 bits per heavy atom. The zero-order valence-electron chi connectivity index (χ0n) is 5.87. The summed E-state index contributed by atoms with van der Waals surface area (Å²) in [6.07, 6.45) is 5.44. The second-order valence-electron chi connectivity index (χ2n) is 2.09. The third-order valence-corrected chi connectivity index (χ3v) is 2.12. The summed E-state index contributed by atoms with van der Waals surface area (Å²) in [5, 5.41) is 0. The number of nitrogens with zero attached hydrogens (tertiary/aromatic N) is 2. The van der Waals surface area contributed by atoms with Gasteiger partial charge in [-0.25, -0.2) is 9.97 Å². The average Bonchev–Trinajstić information content (AvgIpc) is 2.03. The van der Waals surface area contributed by atoms with Crippen molar-refractivity contribution in [3.63, 3.8) is 0 Å². The molecule has 4 heteroatoms. The molecule has 0 fully saturated rings. The van der Waals surface area contributed by atoms with E-state index < -0.39 is 0 Å². The Balaban J connectivity index is 2.39. The van der Waals surface area contributed by atoms with Crippen molar-refractivity contribution in [3.8, 4) is 0 Å².